The van der Waals surface area contributed by atoms with Crippen LogP contribution in [0.4, 0.5) is 0 Å². The number of rotatable bonds is 8. The molecule has 0 amide bonds. The molecule has 0 bridgehead atoms. The smallest absolute Gasteiger partial charge is 0.244 e. The number of hydrogen-bond donors (Lipinski definition) is 0. The largest absolute Gasteiger partial charge is 0.276 e. The van der Waals surface area contributed by atoms with E-state index in [1.165, 1.54) is 44.6 Å². The fraction of sp³-hybridized carbons (Fsp3) is 0.727. The van der Waals surface area contributed by atoms with E-state index in [0.717, 1.165) is 6.42 Å². The van der Waals surface area contributed by atoms with Gasteiger partial charge in [0.25, 0.3) is 0 Å². The van der Waals surface area contributed by atoms with Crippen molar-refractivity contribution in [3.8, 4) is 0 Å². The van der Waals surface area contributed by atoms with Crippen molar-refractivity contribution >= 4 is 16.8 Å². The van der Waals surface area contributed by atoms with E-state index in [9.17, 15) is 4.79 Å². The van der Waals surface area contributed by atoms with Gasteiger partial charge < -0.3 is 0 Å². The Kier molecular flexibility index (Phi) is 9.56. The van der Waals surface area contributed by atoms with Crippen LogP contribution in [0.3, 0.4) is 0 Å². The fourth-order valence-electron chi connectivity index (χ4n) is 1.22. The van der Waals surface area contributed by atoms with Gasteiger partial charge in [-0.05, 0) is 30.5 Å². The Hall–Kier alpha value is -0.300. The SMILES string of the molecule is CCCCCCCC/C=C/C(=O)Cl. The van der Waals surface area contributed by atoms with Gasteiger partial charge in [0, 0.05) is 0 Å². The molecule has 0 atom stereocenters. The van der Waals surface area contributed by atoms with Gasteiger partial charge >= 0.3 is 0 Å². The fourth-order valence-corrected chi connectivity index (χ4v) is 1.31. The van der Waals surface area contributed by atoms with Crippen LogP contribution in [-0.2, 0) is 4.79 Å². The van der Waals surface area contributed by atoms with E-state index >= 15 is 0 Å². The van der Waals surface area contributed by atoms with E-state index < -0.39 is 0 Å². The number of allylic oxidation sites excluding steroid dienone is 2. The highest BCUT2D eigenvalue weighted by molar-refractivity contribution is 6.66. The van der Waals surface area contributed by atoms with Crippen LogP contribution in [0.2, 0.25) is 0 Å². The molecule has 2 heteroatoms. The summed E-state index contributed by atoms with van der Waals surface area (Å²) in [5.41, 5.74) is 0. The molecule has 0 saturated heterocycles. The van der Waals surface area contributed by atoms with E-state index in [4.69, 9.17) is 11.6 Å². The van der Waals surface area contributed by atoms with E-state index in [2.05, 4.69) is 6.92 Å². The zero-order chi connectivity index (χ0) is 9.94. The van der Waals surface area contributed by atoms with E-state index in [0.29, 0.717) is 0 Å². The Bertz CT molecular complexity index is 152. The molecule has 0 heterocycles. The first-order chi connectivity index (χ1) is 6.27. The maximum absolute atomic E-state index is 10.3. The molecule has 0 saturated carbocycles. The van der Waals surface area contributed by atoms with Crippen LogP contribution in [-0.4, -0.2) is 5.24 Å². The lowest BCUT2D eigenvalue weighted by Gasteiger charge is -1.96. The maximum Gasteiger partial charge on any atom is 0.244 e. The Morgan fingerprint density at radius 2 is 1.77 bits per heavy atom. The number of hydrogen-bond acceptors (Lipinski definition) is 1. The normalized spacial score (nSPS) is 10.9. The second-order valence-electron chi connectivity index (χ2n) is 3.26. The second kappa shape index (κ2) is 9.79. The standard InChI is InChI=1S/C11H19ClO/c1-2-3-4-5-6-7-8-9-10-11(12)13/h9-10H,2-8H2,1H3/b10-9+. The molecule has 0 N–H and O–H groups in total. The molecule has 0 aromatic carbocycles. The zero-order valence-corrected chi connectivity index (χ0v) is 9.15. The topological polar surface area (TPSA) is 17.1 Å². The van der Waals surface area contributed by atoms with Gasteiger partial charge in [0.05, 0.1) is 0 Å². The van der Waals surface area contributed by atoms with Crippen molar-refractivity contribution < 1.29 is 4.79 Å². The van der Waals surface area contributed by atoms with Crippen molar-refractivity contribution in [2.24, 2.45) is 0 Å². The summed E-state index contributed by atoms with van der Waals surface area (Å²) in [5.74, 6) is 0. The van der Waals surface area contributed by atoms with Crippen LogP contribution in [0, 0.1) is 0 Å². The van der Waals surface area contributed by atoms with Gasteiger partial charge in [0.1, 0.15) is 0 Å². The Morgan fingerprint density at radius 3 is 2.38 bits per heavy atom. The van der Waals surface area contributed by atoms with E-state index in [-0.39, 0.29) is 5.24 Å². The molecule has 0 aliphatic rings. The van der Waals surface area contributed by atoms with Crippen LogP contribution in [0.1, 0.15) is 51.9 Å². The summed E-state index contributed by atoms with van der Waals surface area (Å²) >= 11 is 5.13. The minimum absolute atomic E-state index is 0.369. The lowest BCUT2D eigenvalue weighted by molar-refractivity contribution is -0.107. The van der Waals surface area contributed by atoms with Crippen molar-refractivity contribution in [2.75, 3.05) is 0 Å². The molecule has 0 aromatic heterocycles. The van der Waals surface area contributed by atoms with Crippen LogP contribution in [0.25, 0.3) is 0 Å². The molecule has 0 unspecified atom stereocenters. The first-order valence-electron chi connectivity index (χ1n) is 5.13. The van der Waals surface area contributed by atoms with Crippen LogP contribution in [0.5, 0.6) is 0 Å². The molecule has 0 aromatic rings. The predicted octanol–water partition coefficient (Wildman–Crippen LogP) is 4.06. The molecule has 76 valence electrons. The number of unbranched alkanes of at least 4 members (excludes halogenated alkanes) is 6. The Balaban J connectivity index is 3.03. The highest BCUT2D eigenvalue weighted by Crippen LogP contribution is 2.07. The number of carbonyl (C=O) groups excluding carboxylic acids is 1. The third-order valence-electron chi connectivity index (χ3n) is 1.97. The van der Waals surface area contributed by atoms with E-state index in [1.807, 2.05) is 6.08 Å². The first-order valence-corrected chi connectivity index (χ1v) is 5.51. The molecule has 13 heavy (non-hydrogen) atoms. The van der Waals surface area contributed by atoms with Crippen molar-refractivity contribution in [1.29, 1.82) is 0 Å². The second-order valence-corrected chi connectivity index (χ2v) is 3.64. The van der Waals surface area contributed by atoms with Gasteiger partial charge in [-0.1, -0.05) is 45.1 Å². The molecule has 0 fully saturated rings. The highest BCUT2D eigenvalue weighted by atomic mass is 35.5. The Morgan fingerprint density at radius 1 is 1.15 bits per heavy atom. The molecule has 0 aliphatic heterocycles. The van der Waals surface area contributed by atoms with E-state index in [1.54, 1.807) is 0 Å². The average molecular weight is 203 g/mol. The van der Waals surface area contributed by atoms with Crippen LogP contribution >= 0.6 is 11.6 Å². The third kappa shape index (κ3) is 11.7. The summed E-state index contributed by atoms with van der Waals surface area (Å²) in [6, 6.07) is 0. The summed E-state index contributed by atoms with van der Waals surface area (Å²) < 4.78 is 0. The molecule has 0 aliphatic carbocycles. The van der Waals surface area contributed by atoms with Gasteiger partial charge in [-0.25, -0.2) is 0 Å². The minimum Gasteiger partial charge on any atom is -0.276 e. The average Bonchev–Trinajstić information content (AvgIpc) is 2.09. The zero-order valence-electron chi connectivity index (χ0n) is 8.39. The van der Waals surface area contributed by atoms with Crippen molar-refractivity contribution in [1.82, 2.24) is 0 Å². The molecule has 0 spiro atoms. The summed E-state index contributed by atoms with van der Waals surface area (Å²) in [6.07, 6.45) is 12.0. The molecule has 0 rings (SSSR count). The third-order valence-corrected chi connectivity index (χ3v) is 2.10. The lowest BCUT2D eigenvalue weighted by Crippen LogP contribution is -1.79. The molecule has 1 nitrogen and oxygen atoms in total. The highest BCUT2D eigenvalue weighted by Gasteiger charge is 1.88. The van der Waals surface area contributed by atoms with Gasteiger partial charge in [0.15, 0.2) is 0 Å². The van der Waals surface area contributed by atoms with Gasteiger partial charge in [-0.3, -0.25) is 4.79 Å². The van der Waals surface area contributed by atoms with Crippen molar-refractivity contribution in [3.63, 3.8) is 0 Å². The lowest BCUT2D eigenvalue weighted by atomic mass is 10.1. The Labute approximate surface area is 86.2 Å². The number of carbonyl (C=O) groups is 1. The molecule has 0 radical (unpaired) electrons. The van der Waals surface area contributed by atoms with Crippen LogP contribution in [0.15, 0.2) is 12.2 Å². The van der Waals surface area contributed by atoms with Crippen molar-refractivity contribution in [2.45, 2.75) is 51.9 Å². The quantitative estimate of drug-likeness (QED) is 0.330. The van der Waals surface area contributed by atoms with Crippen LogP contribution < -0.4 is 0 Å². The molecular formula is C11H19ClO. The minimum atomic E-state index is -0.369. The maximum atomic E-state index is 10.3. The number of halogens is 1. The van der Waals surface area contributed by atoms with Crippen molar-refractivity contribution in [3.05, 3.63) is 12.2 Å². The summed E-state index contributed by atoms with van der Waals surface area (Å²) in [5, 5.41) is -0.369. The van der Waals surface area contributed by atoms with Gasteiger partial charge in [-0.2, -0.15) is 0 Å². The summed E-state index contributed by atoms with van der Waals surface area (Å²) in [7, 11) is 0. The summed E-state index contributed by atoms with van der Waals surface area (Å²) in [4.78, 5) is 10.3. The van der Waals surface area contributed by atoms with Gasteiger partial charge in [-0.15, -0.1) is 0 Å². The summed E-state index contributed by atoms with van der Waals surface area (Å²) in [6.45, 7) is 2.22. The first kappa shape index (κ1) is 12.7. The molecular weight excluding hydrogens is 184 g/mol. The predicted molar refractivity (Wildman–Crippen MR) is 58.0 cm³/mol. The van der Waals surface area contributed by atoms with Gasteiger partial charge in [0.2, 0.25) is 5.24 Å². The monoisotopic (exact) mass is 202 g/mol.